The Morgan fingerprint density at radius 3 is 2.86 bits per heavy atom. The van der Waals surface area contributed by atoms with E-state index in [-0.39, 0.29) is 11.7 Å². The second kappa shape index (κ2) is 6.03. The molecule has 1 aromatic heterocycles. The molecule has 1 aliphatic heterocycles. The van der Waals surface area contributed by atoms with E-state index in [4.69, 9.17) is 0 Å². The van der Waals surface area contributed by atoms with Crippen molar-refractivity contribution in [1.82, 2.24) is 0 Å². The van der Waals surface area contributed by atoms with E-state index in [2.05, 4.69) is 5.32 Å². The number of ketones is 1. The summed E-state index contributed by atoms with van der Waals surface area (Å²) in [5.41, 5.74) is 2.56. The average Bonchev–Trinajstić information content (AvgIpc) is 2.91. The van der Waals surface area contributed by atoms with Crippen molar-refractivity contribution in [2.45, 2.75) is 19.1 Å². The average molecular weight is 317 g/mol. The molecule has 0 fully saturated rings. The maximum atomic E-state index is 12.3. The molecule has 0 atom stereocenters. The molecule has 0 bridgehead atoms. The second-order valence-electron chi connectivity index (χ2n) is 4.95. The molecule has 1 N–H and O–H groups in total. The van der Waals surface area contributed by atoms with Crippen molar-refractivity contribution < 1.29 is 9.59 Å². The van der Waals surface area contributed by atoms with Crippen molar-refractivity contribution in [1.29, 1.82) is 0 Å². The molecule has 0 saturated carbocycles. The number of thioether (sulfide) groups is 1. The Kier molecular flexibility index (Phi) is 4.12. The van der Waals surface area contributed by atoms with Gasteiger partial charge in [-0.15, -0.1) is 11.3 Å². The summed E-state index contributed by atoms with van der Waals surface area (Å²) in [6, 6.07) is 9.04. The van der Waals surface area contributed by atoms with Crippen molar-refractivity contribution >= 4 is 40.5 Å². The van der Waals surface area contributed by atoms with Gasteiger partial charge in [-0.05, 0) is 42.9 Å². The fraction of sp³-hybridized carbons (Fsp3) is 0.250. The summed E-state index contributed by atoms with van der Waals surface area (Å²) in [5.74, 6) is 2.03. The Morgan fingerprint density at radius 2 is 2.10 bits per heavy atom. The first-order valence-corrected chi connectivity index (χ1v) is 8.72. The standard InChI is InChI=1S/C16H15NO2S2/c1-10(18)11-3-2-4-13(7-11)17-16(19)15-8-12-9-20-6-5-14(12)21-15/h2-4,7-8H,5-6,9H2,1H3,(H,17,19). The summed E-state index contributed by atoms with van der Waals surface area (Å²) in [7, 11) is 0. The van der Waals surface area contributed by atoms with Gasteiger partial charge in [0.05, 0.1) is 4.88 Å². The number of Topliss-reactive ketones (excluding diaryl/α,β-unsaturated/α-hetero) is 1. The van der Waals surface area contributed by atoms with Gasteiger partial charge in [0.15, 0.2) is 5.78 Å². The Hall–Kier alpha value is -1.59. The molecule has 1 aliphatic rings. The smallest absolute Gasteiger partial charge is 0.265 e. The van der Waals surface area contributed by atoms with Crippen LogP contribution in [0.1, 0.15) is 37.4 Å². The summed E-state index contributed by atoms with van der Waals surface area (Å²) in [5, 5.41) is 2.88. The third-order valence-electron chi connectivity index (χ3n) is 3.38. The highest BCUT2D eigenvalue weighted by molar-refractivity contribution is 7.98. The zero-order valence-corrected chi connectivity index (χ0v) is 13.3. The van der Waals surface area contributed by atoms with Crippen molar-refractivity contribution in [2.75, 3.05) is 11.1 Å². The molecular weight excluding hydrogens is 302 g/mol. The van der Waals surface area contributed by atoms with Gasteiger partial charge in [0.1, 0.15) is 0 Å². The van der Waals surface area contributed by atoms with Crippen LogP contribution in [0.15, 0.2) is 30.3 Å². The number of rotatable bonds is 3. The summed E-state index contributed by atoms with van der Waals surface area (Å²) >= 11 is 3.49. The molecular formula is C16H15NO2S2. The topological polar surface area (TPSA) is 46.2 Å². The predicted octanol–water partition coefficient (Wildman–Crippen LogP) is 3.99. The molecule has 0 unspecified atom stereocenters. The molecule has 0 radical (unpaired) electrons. The molecule has 2 heterocycles. The SMILES string of the molecule is CC(=O)c1cccc(NC(=O)c2cc3c(s2)CCSC3)c1. The first-order valence-electron chi connectivity index (χ1n) is 6.75. The maximum absolute atomic E-state index is 12.3. The number of nitrogens with one attached hydrogen (secondary N) is 1. The third-order valence-corrected chi connectivity index (χ3v) is 5.62. The van der Waals surface area contributed by atoms with Gasteiger partial charge in [-0.1, -0.05) is 12.1 Å². The highest BCUT2D eigenvalue weighted by Gasteiger charge is 2.17. The van der Waals surface area contributed by atoms with Crippen LogP contribution in [-0.4, -0.2) is 17.4 Å². The largest absolute Gasteiger partial charge is 0.321 e. The Bertz CT molecular complexity index is 683. The number of anilines is 1. The summed E-state index contributed by atoms with van der Waals surface area (Å²) in [6.07, 6.45) is 1.05. The minimum absolute atomic E-state index is 0.00490. The van der Waals surface area contributed by atoms with Crippen molar-refractivity contribution in [3.8, 4) is 0 Å². The second-order valence-corrected chi connectivity index (χ2v) is 7.19. The molecule has 108 valence electrons. The van der Waals surface area contributed by atoms with Crippen LogP contribution < -0.4 is 5.32 Å². The molecule has 2 aromatic rings. The van der Waals surface area contributed by atoms with E-state index in [1.807, 2.05) is 17.8 Å². The van der Waals surface area contributed by atoms with Gasteiger partial charge in [0.2, 0.25) is 0 Å². The molecule has 1 amide bonds. The third kappa shape index (κ3) is 3.19. The van der Waals surface area contributed by atoms with Crippen LogP contribution in [-0.2, 0) is 12.2 Å². The lowest BCUT2D eigenvalue weighted by molar-refractivity contribution is 0.101. The van der Waals surface area contributed by atoms with Gasteiger partial charge in [-0.2, -0.15) is 11.8 Å². The lowest BCUT2D eigenvalue weighted by Crippen LogP contribution is -2.10. The number of benzene rings is 1. The van der Waals surface area contributed by atoms with Gasteiger partial charge in [0.25, 0.3) is 5.91 Å². The van der Waals surface area contributed by atoms with Gasteiger partial charge in [-0.25, -0.2) is 0 Å². The van der Waals surface area contributed by atoms with Crippen molar-refractivity contribution in [3.05, 3.63) is 51.2 Å². The normalized spacial score (nSPS) is 13.6. The Morgan fingerprint density at radius 1 is 1.24 bits per heavy atom. The van der Waals surface area contributed by atoms with Crippen molar-refractivity contribution in [3.63, 3.8) is 0 Å². The minimum atomic E-state index is -0.0971. The first-order chi connectivity index (χ1) is 10.1. The Balaban J connectivity index is 1.78. The van der Waals surface area contributed by atoms with Gasteiger partial charge in [-0.3, -0.25) is 9.59 Å². The highest BCUT2D eigenvalue weighted by Crippen LogP contribution is 2.32. The van der Waals surface area contributed by atoms with E-state index in [0.717, 1.165) is 22.8 Å². The van der Waals surface area contributed by atoms with Gasteiger partial charge < -0.3 is 5.32 Å². The molecule has 0 aliphatic carbocycles. The molecule has 0 saturated heterocycles. The molecule has 1 aromatic carbocycles. The van der Waals surface area contributed by atoms with E-state index in [0.29, 0.717) is 11.3 Å². The van der Waals surface area contributed by atoms with E-state index >= 15 is 0 Å². The zero-order chi connectivity index (χ0) is 14.8. The molecule has 3 rings (SSSR count). The quantitative estimate of drug-likeness (QED) is 0.871. The fourth-order valence-electron chi connectivity index (χ4n) is 2.27. The first kappa shape index (κ1) is 14.4. The van der Waals surface area contributed by atoms with Crippen LogP contribution in [0, 0.1) is 0 Å². The number of carbonyl (C=O) groups is 2. The molecule has 5 heteroatoms. The van der Waals surface area contributed by atoms with E-state index in [9.17, 15) is 9.59 Å². The zero-order valence-electron chi connectivity index (χ0n) is 11.6. The Labute approximate surface area is 131 Å². The summed E-state index contributed by atoms with van der Waals surface area (Å²) in [6.45, 7) is 1.52. The van der Waals surface area contributed by atoms with Crippen LogP contribution in [0.3, 0.4) is 0 Å². The predicted molar refractivity (Wildman–Crippen MR) is 88.6 cm³/mol. The maximum Gasteiger partial charge on any atom is 0.265 e. The summed E-state index contributed by atoms with van der Waals surface area (Å²) in [4.78, 5) is 25.8. The number of thiophene rings is 1. The van der Waals surface area contributed by atoms with Crippen LogP contribution in [0.25, 0.3) is 0 Å². The number of fused-ring (bicyclic) bond motifs is 1. The number of hydrogen-bond donors (Lipinski definition) is 1. The van der Waals surface area contributed by atoms with Gasteiger partial charge in [0, 0.05) is 21.9 Å². The summed E-state index contributed by atoms with van der Waals surface area (Å²) < 4.78 is 0. The fourth-order valence-corrected chi connectivity index (χ4v) is 4.54. The monoisotopic (exact) mass is 317 g/mol. The van der Waals surface area contributed by atoms with Crippen LogP contribution >= 0.6 is 23.1 Å². The number of aryl methyl sites for hydroxylation is 1. The number of hydrogen-bond acceptors (Lipinski definition) is 4. The van der Waals surface area contributed by atoms with Crippen molar-refractivity contribution in [2.24, 2.45) is 0 Å². The van der Waals surface area contributed by atoms with Crippen LogP contribution in [0.4, 0.5) is 5.69 Å². The number of amides is 1. The van der Waals surface area contributed by atoms with Crippen LogP contribution in [0.2, 0.25) is 0 Å². The van der Waals surface area contributed by atoms with Gasteiger partial charge >= 0.3 is 0 Å². The van der Waals surface area contributed by atoms with E-state index in [1.165, 1.54) is 17.4 Å². The van der Waals surface area contributed by atoms with E-state index in [1.54, 1.807) is 35.6 Å². The molecule has 21 heavy (non-hydrogen) atoms. The lowest BCUT2D eigenvalue weighted by Gasteiger charge is -2.08. The molecule has 3 nitrogen and oxygen atoms in total. The highest BCUT2D eigenvalue weighted by atomic mass is 32.2. The van der Waals surface area contributed by atoms with Crippen LogP contribution in [0.5, 0.6) is 0 Å². The molecule has 0 spiro atoms. The minimum Gasteiger partial charge on any atom is -0.321 e. The van der Waals surface area contributed by atoms with E-state index < -0.39 is 0 Å². The number of carbonyl (C=O) groups excluding carboxylic acids is 2. The lowest BCUT2D eigenvalue weighted by atomic mass is 10.1.